The fraction of sp³-hybridized carbons (Fsp3) is 0.569. The summed E-state index contributed by atoms with van der Waals surface area (Å²) >= 11 is 0. The van der Waals surface area contributed by atoms with E-state index in [4.69, 9.17) is 5.73 Å². The first kappa shape index (κ1) is 71.3. The number of primary amides is 1. The second-order valence-corrected chi connectivity index (χ2v) is 25.2. The van der Waals surface area contributed by atoms with Crippen LogP contribution in [0.4, 0.5) is 0 Å². The van der Waals surface area contributed by atoms with E-state index in [9.17, 15) is 67.7 Å². The van der Waals surface area contributed by atoms with Crippen LogP contribution in [0.2, 0.25) is 0 Å². The molecule has 2 aliphatic rings. The maximum atomic E-state index is 14.9. The lowest BCUT2D eigenvalue weighted by atomic mass is 9.79. The number of ketones is 2. The Labute approximate surface area is 520 Å². The van der Waals surface area contributed by atoms with Crippen molar-refractivity contribution in [3.05, 3.63) is 78.0 Å². The van der Waals surface area contributed by atoms with E-state index in [0.29, 0.717) is 54.1 Å². The molecule has 9 atom stereocenters. The van der Waals surface area contributed by atoms with Crippen molar-refractivity contribution in [1.82, 2.24) is 47.5 Å². The number of aliphatic carboxylic acids is 1. The van der Waals surface area contributed by atoms with Gasteiger partial charge in [0.25, 0.3) is 0 Å². The monoisotopic (exact) mass is 1240 g/mol. The number of carbonyl (C=O) groups excluding carboxylic acids is 11. The SMILES string of the molecule is CC(=O)C[C@]1(C)CCCCCCC=CCCC[C@@](C)(C(=O)N[C@@H](C)C(=O)NC(C)C(N)=O)NC(=O)[C@H](CC(C)C)NC(=O)C2(CC2)CC(=O)[C@H](CCC(=O)O)NC(=O)[C@H](Cc2c[nH]c3ccccc23)NC(=O)[C@H](Cc2ccc(O)cc2)NC(=O)C(C)NC1=O. The molecule has 5 rings (SSSR count). The summed E-state index contributed by atoms with van der Waals surface area (Å²) in [6, 6.07) is 3.93. The maximum Gasteiger partial charge on any atom is 0.303 e. The largest absolute Gasteiger partial charge is 0.508 e. The van der Waals surface area contributed by atoms with E-state index < -0.39 is 143 Å². The molecule has 1 aromatic heterocycles. The molecule has 0 bridgehead atoms. The fourth-order valence-corrected chi connectivity index (χ4v) is 11.0. The molecule has 1 aliphatic carbocycles. The first-order valence-electron chi connectivity index (χ1n) is 30.9. The van der Waals surface area contributed by atoms with Crippen LogP contribution in [-0.2, 0) is 70.4 Å². The lowest BCUT2D eigenvalue weighted by molar-refractivity contribution is -0.139. The van der Waals surface area contributed by atoms with Gasteiger partial charge >= 0.3 is 5.97 Å². The van der Waals surface area contributed by atoms with Crippen molar-refractivity contribution in [1.29, 1.82) is 0 Å². The lowest BCUT2D eigenvalue weighted by Gasteiger charge is -2.33. The van der Waals surface area contributed by atoms with Gasteiger partial charge in [0.15, 0.2) is 5.78 Å². The maximum absolute atomic E-state index is 14.9. The zero-order valence-electron chi connectivity index (χ0n) is 52.6. The number of aromatic nitrogens is 1. The third kappa shape index (κ3) is 21.7. The number of aromatic amines is 1. The number of benzene rings is 2. The molecule has 1 aliphatic heterocycles. The Hall–Kier alpha value is -8.44. The van der Waals surface area contributed by atoms with E-state index in [2.05, 4.69) is 47.5 Å². The number of allylic oxidation sites excluding steroid dienone is 2. The van der Waals surface area contributed by atoms with E-state index in [-0.39, 0.29) is 62.4 Å². The van der Waals surface area contributed by atoms with Crippen molar-refractivity contribution in [3.63, 3.8) is 0 Å². The van der Waals surface area contributed by atoms with Crippen LogP contribution in [0.25, 0.3) is 10.9 Å². The second kappa shape index (κ2) is 32.7. The number of phenolic OH excluding ortho intramolecular Hbond substituents is 1. The number of carboxylic acid groups (broad SMARTS) is 1. The molecule has 1 fully saturated rings. The molecule has 3 aromatic rings. The van der Waals surface area contributed by atoms with Crippen molar-refractivity contribution < 1.29 is 67.7 Å². The van der Waals surface area contributed by atoms with Crippen LogP contribution in [0.15, 0.2) is 66.9 Å². The lowest BCUT2D eigenvalue weighted by Crippen LogP contribution is -2.63. The Balaban J connectivity index is 1.52. The van der Waals surface area contributed by atoms with Crippen LogP contribution in [-0.4, -0.2) is 134 Å². The average molecular weight is 1240 g/mol. The van der Waals surface area contributed by atoms with Crippen LogP contribution < -0.4 is 48.3 Å². The molecule has 1 spiro atoms. The predicted octanol–water partition coefficient (Wildman–Crippen LogP) is 4.19. The van der Waals surface area contributed by atoms with Gasteiger partial charge in [0.1, 0.15) is 53.3 Å². The summed E-state index contributed by atoms with van der Waals surface area (Å²) in [5.74, 6) is -9.17. The predicted molar refractivity (Wildman–Crippen MR) is 332 cm³/mol. The van der Waals surface area contributed by atoms with Crippen LogP contribution in [0.1, 0.15) is 169 Å². The summed E-state index contributed by atoms with van der Waals surface area (Å²) in [5.41, 5.74) is 2.87. The van der Waals surface area contributed by atoms with Crippen molar-refractivity contribution in [3.8, 4) is 5.75 Å². The van der Waals surface area contributed by atoms with Crippen LogP contribution >= 0.6 is 0 Å². The van der Waals surface area contributed by atoms with Gasteiger partial charge in [-0.3, -0.25) is 57.5 Å². The second-order valence-electron chi connectivity index (χ2n) is 25.2. The van der Waals surface area contributed by atoms with Crippen LogP contribution in [0, 0.1) is 16.7 Å². The van der Waals surface area contributed by atoms with E-state index in [1.54, 1.807) is 37.4 Å². The highest BCUT2D eigenvalue weighted by atomic mass is 16.4. The minimum absolute atomic E-state index is 0.0665. The minimum atomic E-state index is -1.66. The Morgan fingerprint density at radius 2 is 1.29 bits per heavy atom. The van der Waals surface area contributed by atoms with Crippen molar-refractivity contribution in [2.45, 2.75) is 219 Å². The smallest absolute Gasteiger partial charge is 0.303 e. The number of carbonyl (C=O) groups is 12. The van der Waals surface area contributed by atoms with Crippen LogP contribution in [0.5, 0.6) is 5.75 Å². The van der Waals surface area contributed by atoms with E-state index in [0.717, 1.165) is 19.3 Å². The number of carboxylic acids is 1. The minimum Gasteiger partial charge on any atom is -0.508 e. The number of nitrogens with two attached hydrogens (primary N) is 1. The summed E-state index contributed by atoms with van der Waals surface area (Å²) in [6.45, 7) is 12.4. The van der Waals surface area contributed by atoms with Gasteiger partial charge in [-0.2, -0.15) is 0 Å². The van der Waals surface area contributed by atoms with Gasteiger partial charge in [-0.15, -0.1) is 0 Å². The summed E-state index contributed by atoms with van der Waals surface area (Å²) < 4.78 is 0. The number of nitrogens with one attached hydrogen (secondary N) is 9. The Kier molecular flexibility index (Phi) is 26.2. The number of hydrogen-bond donors (Lipinski definition) is 12. The Morgan fingerprint density at radius 3 is 1.92 bits per heavy atom. The van der Waals surface area contributed by atoms with Crippen molar-refractivity contribution in [2.24, 2.45) is 22.5 Å². The third-order valence-corrected chi connectivity index (χ3v) is 16.7. The fourth-order valence-electron chi connectivity index (χ4n) is 11.0. The van der Waals surface area contributed by atoms with Gasteiger partial charge in [0, 0.05) is 49.2 Å². The molecule has 2 aromatic carbocycles. The van der Waals surface area contributed by atoms with Gasteiger partial charge in [-0.1, -0.05) is 82.5 Å². The summed E-state index contributed by atoms with van der Waals surface area (Å²) in [6.07, 6.45) is 9.02. The number of fused-ring (bicyclic) bond motifs is 1. The number of rotatable bonds is 16. The van der Waals surface area contributed by atoms with Gasteiger partial charge in [-0.05, 0) is 134 Å². The highest BCUT2D eigenvalue weighted by molar-refractivity contribution is 6.01. The highest BCUT2D eigenvalue weighted by Crippen LogP contribution is 2.49. The molecule has 24 nitrogen and oxygen atoms in total. The first-order valence-corrected chi connectivity index (χ1v) is 30.9. The normalized spacial score (nSPS) is 25.0. The first-order chi connectivity index (χ1) is 41.9. The molecule has 0 saturated heterocycles. The van der Waals surface area contributed by atoms with Crippen molar-refractivity contribution in [2.75, 3.05) is 0 Å². The number of phenols is 1. The highest BCUT2D eigenvalue weighted by Gasteiger charge is 2.53. The number of Topliss-reactive ketones (excluding diaryl/α,β-unsaturated/α-hetero) is 2. The number of para-hydroxylation sites is 1. The molecule has 1 saturated carbocycles. The molecule has 9 amide bonds. The average Bonchev–Trinajstić information content (AvgIpc) is 1.71. The number of H-pyrrole nitrogens is 1. The molecular weight excluding hydrogens is 1140 g/mol. The molecule has 89 heavy (non-hydrogen) atoms. The summed E-state index contributed by atoms with van der Waals surface area (Å²) in [4.78, 5) is 169. The van der Waals surface area contributed by atoms with Gasteiger partial charge < -0.3 is 63.5 Å². The zero-order chi connectivity index (χ0) is 65.8. The van der Waals surface area contributed by atoms with E-state index >= 15 is 0 Å². The van der Waals surface area contributed by atoms with Gasteiger partial charge in [-0.25, -0.2) is 0 Å². The molecular formula is C65H92N10O14. The molecule has 486 valence electrons. The number of hydrogen-bond acceptors (Lipinski definition) is 13. The van der Waals surface area contributed by atoms with Gasteiger partial charge in [0.05, 0.1) is 16.9 Å². The topological polar surface area (TPSA) is 383 Å². The standard InChI is InChI=1S/C65H92N10O14/c1-38(2)32-49-59(86)75-64(8,61(88)70-41(5)55(82)68-40(4)54(66)81)29-19-15-13-11-9-10-12-14-18-28-63(7,35-39(3)76)60(87)69-42(6)56(83)72-50(33-43-22-24-45(77)25-23-43)57(84)73-51(34-44-37-67-47-21-17-16-20-46(44)47)58(85)71-48(26-27-53(79)80)52(78)36-65(30-31-65)62(89)74-49/h11,13,16-17,20-25,37-38,40-42,48-51,67,77H,9-10,12,14-15,18-19,26-36H2,1-8H3,(H2,66,81)(H,68,82)(H,69,87)(H,70,88)(H,71,85)(H,72,83)(H,73,84)(H,74,89)(H,75,86)(H,79,80)/t40?,41-,42?,48-,49-,50-,51-,63-,64-/m0/s1. The van der Waals surface area contributed by atoms with Crippen molar-refractivity contribution >= 4 is 81.6 Å². The summed E-state index contributed by atoms with van der Waals surface area (Å²) in [5, 5.41) is 42.4. The Morgan fingerprint density at radius 1 is 0.674 bits per heavy atom. The quantitative estimate of drug-likeness (QED) is 0.0896. The van der Waals surface area contributed by atoms with E-state index in [1.807, 2.05) is 26.0 Å². The number of aromatic hydroxyl groups is 1. The Bertz CT molecular complexity index is 3080. The zero-order valence-corrected chi connectivity index (χ0v) is 52.6. The third-order valence-electron chi connectivity index (χ3n) is 16.7. The molecule has 2 heterocycles. The molecule has 13 N–H and O–H groups in total. The van der Waals surface area contributed by atoms with Crippen LogP contribution in [0.3, 0.4) is 0 Å². The molecule has 24 heteroatoms. The molecule has 0 radical (unpaired) electrons. The molecule has 2 unspecified atom stereocenters. The van der Waals surface area contributed by atoms with Gasteiger partial charge in [0.2, 0.25) is 53.2 Å². The number of amides is 9. The van der Waals surface area contributed by atoms with E-state index in [1.165, 1.54) is 58.9 Å². The summed E-state index contributed by atoms with van der Waals surface area (Å²) in [7, 11) is 0.